The number of rotatable bonds is 4. The smallest absolute Gasteiger partial charge is 0.339 e. The summed E-state index contributed by atoms with van der Waals surface area (Å²) in [5, 5.41) is 10.2. The fraction of sp³-hybridized carbons (Fsp3) is 0.364. The molecule has 0 spiro atoms. The molecular formula is C11H12Cl2O4. The number of aliphatic hydroxyl groups is 1. The highest BCUT2D eigenvalue weighted by Crippen LogP contribution is 2.34. The van der Waals surface area contributed by atoms with Gasteiger partial charge in [0.1, 0.15) is 5.75 Å². The minimum Gasteiger partial charge on any atom is -0.495 e. The summed E-state index contributed by atoms with van der Waals surface area (Å²) >= 11 is 11.8. The Balaban J connectivity index is 3.06. The highest BCUT2D eigenvalue weighted by atomic mass is 35.5. The Bertz CT molecular complexity index is 420. The van der Waals surface area contributed by atoms with Crippen molar-refractivity contribution in [1.29, 1.82) is 0 Å². The van der Waals surface area contributed by atoms with E-state index in [2.05, 4.69) is 4.74 Å². The molecule has 0 bridgehead atoms. The zero-order valence-electron chi connectivity index (χ0n) is 9.37. The van der Waals surface area contributed by atoms with Crippen LogP contribution in [0.2, 0.25) is 10.0 Å². The highest BCUT2D eigenvalue weighted by molar-refractivity contribution is 6.35. The molecular weight excluding hydrogens is 267 g/mol. The maximum absolute atomic E-state index is 11.4. The topological polar surface area (TPSA) is 55.8 Å². The average Bonchev–Trinajstić information content (AvgIpc) is 2.31. The van der Waals surface area contributed by atoms with Crippen LogP contribution in [-0.4, -0.2) is 24.8 Å². The van der Waals surface area contributed by atoms with Crippen molar-refractivity contribution < 1.29 is 19.4 Å². The van der Waals surface area contributed by atoms with Gasteiger partial charge in [-0.05, 0) is 13.0 Å². The van der Waals surface area contributed by atoms with Gasteiger partial charge >= 0.3 is 5.97 Å². The lowest BCUT2D eigenvalue weighted by molar-refractivity contribution is -0.153. The number of ether oxygens (including phenoxy) is 2. The molecule has 0 aliphatic rings. The molecule has 6 heteroatoms. The predicted octanol–water partition coefficient (Wildman–Crippen LogP) is 2.60. The Morgan fingerprint density at radius 1 is 1.41 bits per heavy atom. The van der Waals surface area contributed by atoms with Gasteiger partial charge in [-0.25, -0.2) is 4.79 Å². The van der Waals surface area contributed by atoms with Crippen LogP contribution in [0.4, 0.5) is 0 Å². The third-order valence-corrected chi connectivity index (χ3v) is 2.70. The van der Waals surface area contributed by atoms with Gasteiger partial charge in [-0.1, -0.05) is 23.2 Å². The summed E-state index contributed by atoms with van der Waals surface area (Å²) in [7, 11) is 1.44. The Labute approximate surface area is 109 Å². The van der Waals surface area contributed by atoms with Gasteiger partial charge in [0.2, 0.25) is 0 Å². The third kappa shape index (κ3) is 3.25. The van der Waals surface area contributed by atoms with Crippen LogP contribution in [0.25, 0.3) is 0 Å². The Hall–Kier alpha value is -0.970. The van der Waals surface area contributed by atoms with E-state index in [1.165, 1.54) is 19.2 Å². The number of halogens is 2. The first-order valence-corrected chi connectivity index (χ1v) is 5.64. The van der Waals surface area contributed by atoms with Crippen molar-refractivity contribution in [2.75, 3.05) is 13.7 Å². The lowest BCUT2D eigenvalue weighted by Crippen LogP contribution is -2.15. The maximum atomic E-state index is 11.4. The van der Waals surface area contributed by atoms with E-state index >= 15 is 0 Å². The van der Waals surface area contributed by atoms with Gasteiger partial charge in [0, 0.05) is 11.6 Å². The standard InChI is InChI=1S/C11H12Cl2O4/c1-3-17-11(15)10(14)6-4-8(13)9(16-2)5-7(6)12/h4-5,10,14H,3H2,1-2H3. The molecule has 1 atom stereocenters. The summed E-state index contributed by atoms with van der Waals surface area (Å²) in [5.41, 5.74) is 0.191. The van der Waals surface area contributed by atoms with Crippen molar-refractivity contribution >= 4 is 29.2 Å². The van der Waals surface area contributed by atoms with Crippen molar-refractivity contribution in [2.24, 2.45) is 0 Å². The SMILES string of the molecule is CCOC(=O)C(O)c1cc(Cl)c(OC)cc1Cl. The third-order valence-electron chi connectivity index (χ3n) is 2.08. The largest absolute Gasteiger partial charge is 0.495 e. The molecule has 4 nitrogen and oxygen atoms in total. The van der Waals surface area contributed by atoms with Crippen LogP contribution in [0, 0.1) is 0 Å². The van der Waals surface area contributed by atoms with Crippen LogP contribution < -0.4 is 4.74 Å². The number of aliphatic hydroxyl groups excluding tert-OH is 1. The predicted molar refractivity (Wildman–Crippen MR) is 64.6 cm³/mol. The zero-order valence-corrected chi connectivity index (χ0v) is 10.9. The van der Waals surface area contributed by atoms with Crippen molar-refractivity contribution in [3.05, 3.63) is 27.7 Å². The summed E-state index contributed by atoms with van der Waals surface area (Å²) in [6, 6.07) is 2.81. The van der Waals surface area contributed by atoms with E-state index in [1.807, 2.05) is 0 Å². The van der Waals surface area contributed by atoms with E-state index in [4.69, 9.17) is 27.9 Å². The first-order valence-electron chi connectivity index (χ1n) is 4.88. The van der Waals surface area contributed by atoms with Crippen LogP contribution in [0.5, 0.6) is 5.75 Å². The number of carbonyl (C=O) groups excluding carboxylic acids is 1. The van der Waals surface area contributed by atoms with Crippen molar-refractivity contribution in [3.8, 4) is 5.75 Å². The van der Waals surface area contributed by atoms with Crippen LogP contribution in [0.3, 0.4) is 0 Å². The molecule has 1 rings (SSSR count). The van der Waals surface area contributed by atoms with Crippen LogP contribution in [0.1, 0.15) is 18.6 Å². The first kappa shape index (κ1) is 14.1. The van der Waals surface area contributed by atoms with Gasteiger partial charge in [0.05, 0.1) is 23.8 Å². The molecule has 0 aliphatic carbocycles. The van der Waals surface area contributed by atoms with Gasteiger partial charge in [0.15, 0.2) is 6.10 Å². The van der Waals surface area contributed by atoms with Gasteiger partial charge in [0.25, 0.3) is 0 Å². The van der Waals surface area contributed by atoms with Gasteiger partial charge in [-0.15, -0.1) is 0 Å². The zero-order chi connectivity index (χ0) is 13.0. The molecule has 1 aromatic carbocycles. The number of carbonyl (C=O) groups is 1. The minimum absolute atomic E-state index is 0.178. The lowest BCUT2D eigenvalue weighted by atomic mass is 10.1. The molecule has 0 heterocycles. The van der Waals surface area contributed by atoms with Crippen molar-refractivity contribution in [2.45, 2.75) is 13.0 Å². The van der Waals surface area contributed by atoms with Gasteiger partial charge < -0.3 is 14.6 Å². The summed E-state index contributed by atoms with van der Waals surface area (Å²) in [6.07, 6.45) is -1.45. The highest BCUT2D eigenvalue weighted by Gasteiger charge is 2.22. The van der Waals surface area contributed by atoms with E-state index in [0.29, 0.717) is 5.75 Å². The quantitative estimate of drug-likeness (QED) is 0.861. The summed E-state index contributed by atoms with van der Waals surface area (Å²) in [4.78, 5) is 11.4. The average molecular weight is 279 g/mol. The lowest BCUT2D eigenvalue weighted by Gasteiger charge is -2.13. The number of benzene rings is 1. The second kappa shape index (κ2) is 6.10. The molecule has 1 aromatic rings. The molecule has 0 fully saturated rings. The Morgan fingerprint density at radius 3 is 2.59 bits per heavy atom. The second-order valence-corrected chi connectivity index (χ2v) is 3.98. The Morgan fingerprint density at radius 2 is 2.06 bits per heavy atom. The first-order chi connectivity index (χ1) is 8.01. The normalized spacial score (nSPS) is 12.1. The summed E-state index contributed by atoms with van der Waals surface area (Å²) in [5.74, 6) is -0.396. The number of esters is 1. The van der Waals surface area contributed by atoms with Crippen LogP contribution in [-0.2, 0) is 9.53 Å². The van der Waals surface area contributed by atoms with E-state index in [1.54, 1.807) is 6.92 Å². The Kier molecular flexibility index (Phi) is 5.05. The summed E-state index contributed by atoms with van der Waals surface area (Å²) in [6.45, 7) is 1.82. The molecule has 1 N–H and O–H groups in total. The molecule has 0 radical (unpaired) electrons. The van der Waals surface area contributed by atoms with Crippen molar-refractivity contribution in [1.82, 2.24) is 0 Å². The fourth-order valence-corrected chi connectivity index (χ4v) is 1.76. The molecule has 0 saturated carbocycles. The second-order valence-electron chi connectivity index (χ2n) is 3.16. The molecule has 1 unspecified atom stereocenters. The van der Waals surface area contributed by atoms with Crippen LogP contribution in [0.15, 0.2) is 12.1 Å². The maximum Gasteiger partial charge on any atom is 0.339 e. The van der Waals surface area contributed by atoms with E-state index in [0.717, 1.165) is 0 Å². The minimum atomic E-state index is -1.45. The monoisotopic (exact) mass is 278 g/mol. The number of hydrogen-bond donors (Lipinski definition) is 1. The van der Waals surface area contributed by atoms with Crippen molar-refractivity contribution in [3.63, 3.8) is 0 Å². The fourth-order valence-electron chi connectivity index (χ4n) is 1.26. The van der Waals surface area contributed by atoms with Crippen LogP contribution >= 0.6 is 23.2 Å². The van der Waals surface area contributed by atoms with Gasteiger partial charge in [-0.3, -0.25) is 0 Å². The molecule has 94 valence electrons. The van der Waals surface area contributed by atoms with E-state index < -0.39 is 12.1 Å². The van der Waals surface area contributed by atoms with E-state index in [9.17, 15) is 9.90 Å². The summed E-state index contributed by atoms with van der Waals surface area (Å²) < 4.78 is 9.64. The molecule has 0 aliphatic heterocycles. The van der Waals surface area contributed by atoms with Gasteiger partial charge in [-0.2, -0.15) is 0 Å². The number of methoxy groups -OCH3 is 1. The van der Waals surface area contributed by atoms with E-state index in [-0.39, 0.29) is 22.2 Å². The molecule has 0 saturated heterocycles. The molecule has 0 aromatic heterocycles. The number of hydrogen-bond acceptors (Lipinski definition) is 4. The molecule has 17 heavy (non-hydrogen) atoms. The molecule has 0 amide bonds.